The van der Waals surface area contributed by atoms with E-state index in [0.29, 0.717) is 28.5 Å². The van der Waals surface area contributed by atoms with Crippen molar-refractivity contribution in [2.45, 2.75) is 6.04 Å². The molecule has 7 heteroatoms. The van der Waals surface area contributed by atoms with E-state index in [0.717, 1.165) is 11.1 Å². The second kappa shape index (κ2) is 7.14. The number of hydrogen-bond donors (Lipinski definition) is 0. The van der Waals surface area contributed by atoms with Gasteiger partial charge < -0.3 is 4.74 Å². The van der Waals surface area contributed by atoms with Crippen molar-refractivity contribution >= 4 is 35.0 Å². The van der Waals surface area contributed by atoms with Crippen molar-refractivity contribution in [1.82, 2.24) is 5.01 Å². The second-order valence-corrected chi connectivity index (χ2v) is 6.93. The van der Waals surface area contributed by atoms with E-state index in [2.05, 4.69) is 10.1 Å². The largest absolute Gasteiger partial charge is 0.403 e. The molecule has 5 nitrogen and oxygen atoms in total. The summed E-state index contributed by atoms with van der Waals surface area (Å²) < 4.78 is 19.3. The van der Waals surface area contributed by atoms with Gasteiger partial charge in [0.25, 0.3) is 0 Å². The molecule has 5 rings (SSSR count). The molecule has 1 atom stereocenters. The lowest BCUT2D eigenvalue weighted by molar-refractivity contribution is 0.519. The molecule has 0 saturated carbocycles. The van der Waals surface area contributed by atoms with Gasteiger partial charge in [-0.25, -0.2) is 14.4 Å². The van der Waals surface area contributed by atoms with Gasteiger partial charge in [0.15, 0.2) is 5.84 Å². The molecule has 29 heavy (non-hydrogen) atoms. The van der Waals surface area contributed by atoms with Crippen LogP contribution in [0, 0.1) is 5.82 Å². The van der Waals surface area contributed by atoms with Crippen LogP contribution in [0.5, 0.6) is 0 Å². The van der Waals surface area contributed by atoms with Crippen molar-refractivity contribution in [1.29, 1.82) is 0 Å². The predicted octanol–water partition coefficient (Wildman–Crippen LogP) is 5.31. The molecule has 3 aromatic rings. The normalized spacial score (nSPS) is 19.0. The Morgan fingerprint density at radius 1 is 0.931 bits per heavy atom. The molecule has 0 aliphatic carbocycles. The van der Waals surface area contributed by atoms with Gasteiger partial charge in [0.2, 0.25) is 5.90 Å². The maximum Gasteiger partial charge on any atom is 0.322 e. The van der Waals surface area contributed by atoms with Gasteiger partial charge in [-0.1, -0.05) is 41.9 Å². The quantitative estimate of drug-likeness (QED) is 0.593. The summed E-state index contributed by atoms with van der Waals surface area (Å²) in [5.74, 6) is 0.710. The minimum absolute atomic E-state index is 0.309. The van der Waals surface area contributed by atoms with Gasteiger partial charge in [-0.15, -0.1) is 5.10 Å². The number of rotatable bonds is 3. The first-order valence-corrected chi connectivity index (χ1v) is 9.34. The van der Waals surface area contributed by atoms with Gasteiger partial charge in [-0.3, -0.25) is 0 Å². The van der Waals surface area contributed by atoms with E-state index in [1.165, 1.54) is 12.1 Å². The number of hydrazone groups is 1. The van der Waals surface area contributed by atoms with Crippen molar-refractivity contribution in [3.8, 4) is 0 Å². The van der Waals surface area contributed by atoms with Gasteiger partial charge in [0, 0.05) is 10.6 Å². The lowest BCUT2D eigenvalue weighted by atomic mass is 10.1. The van der Waals surface area contributed by atoms with E-state index in [1.54, 1.807) is 29.3 Å². The smallest absolute Gasteiger partial charge is 0.322 e. The number of hydrogen-bond acceptors (Lipinski definition) is 4. The molecular formula is C22H14ClFN4O. The average Bonchev–Trinajstić information content (AvgIpc) is 3.30. The fourth-order valence-corrected chi connectivity index (χ4v) is 3.25. The van der Waals surface area contributed by atoms with Crippen LogP contribution in [0.1, 0.15) is 17.2 Å². The fourth-order valence-electron chi connectivity index (χ4n) is 3.12. The number of amidine groups is 2. The molecule has 0 saturated heterocycles. The lowest BCUT2D eigenvalue weighted by Crippen LogP contribution is -2.25. The van der Waals surface area contributed by atoms with Crippen LogP contribution in [0.3, 0.4) is 0 Å². The molecule has 2 heterocycles. The topological polar surface area (TPSA) is 49.6 Å². The summed E-state index contributed by atoms with van der Waals surface area (Å²) in [5, 5.41) is 6.79. The van der Waals surface area contributed by atoms with Crippen molar-refractivity contribution in [3.05, 3.63) is 101 Å². The molecule has 0 radical (unpaired) electrons. The highest BCUT2D eigenvalue weighted by molar-refractivity contribution is 6.30. The third-order valence-corrected chi connectivity index (χ3v) is 4.79. The summed E-state index contributed by atoms with van der Waals surface area (Å²) in [6, 6.07) is 22.8. The van der Waals surface area contributed by atoms with Crippen LogP contribution >= 0.6 is 11.6 Å². The fraction of sp³-hybridized carbons (Fsp3) is 0.0455. The molecule has 0 N–H and O–H groups in total. The van der Waals surface area contributed by atoms with Crippen LogP contribution in [0.15, 0.2) is 93.9 Å². The number of nitrogens with zero attached hydrogens (tertiary/aromatic N) is 4. The number of aliphatic imine (C=N–C) groups is 2. The van der Waals surface area contributed by atoms with Crippen LogP contribution < -0.4 is 0 Å². The van der Waals surface area contributed by atoms with Crippen LogP contribution in [-0.2, 0) is 4.74 Å². The summed E-state index contributed by atoms with van der Waals surface area (Å²) >= 11 is 5.98. The molecule has 0 aromatic heterocycles. The lowest BCUT2D eigenvalue weighted by Gasteiger charge is -2.13. The maximum atomic E-state index is 13.4. The van der Waals surface area contributed by atoms with Crippen LogP contribution in [0.25, 0.3) is 0 Å². The maximum absolute atomic E-state index is 13.4. The number of fused-ring (bicyclic) bond motifs is 1. The Morgan fingerprint density at radius 3 is 2.38 bits per heavy atom. The molecule has 3 aromatic carbocycles. The van der Waals surface area contributed by atoms with Gasteiger partial charge in [0.05, 0.1) is 5.69 Å². The zero-order chi connectivity index (χ0) is 19.8. The average molecular weight is 405 g/mol. The first-order chi connectivity index (χ1) is 14.2. The third kappa shape index (κ3) is 3.39. The van der Waals surface area contributed by atoms with Crippen LogP contribution in [0.4, 0.5) is 10.1 Å². The van der Waals surface area contributed by atoms with E-state index < -0.39 is 6.04 Å². The summed E-state index contributed by atoms with van der Waals surface area (Å²) in [6.45, 7) is 0. The second-order valence-electron chi connectivity index (χ2n) is 6.50. The van der Waals surface area contributed by atoms with Crippen LogP contribution in [-0.4, -0.2) is 22.8 Å². The third-order valence-electron chi connectivity index (χ3n) is 4.54. The van der Waals surface area contributed by atoms with Gasteiger partial charge in [0.1, 0.15) is 11.9 Å². The van der Waals surface area contributed by atoms with Gasteiger partial charge in [-0.2, -0.15) is 5.01 Å². The van der Waals surface area contributed by atoms with Gasteiger partial charge in [-0.05, 0) is 54.1 Å². The molecule has 2 aliphatic rings. The Labute approximate surface area is 171 Å². The van der Waals surface area contributed by atoms with Crippen molar-refractivity contribution in [3.63, 3.8) is 0 Å². The van der Waals surface area contributed by atoms with Crippen molar-refractivity contribution < 1.29 is 9.13 Å². The van der Waals surface area contributed by atoms with Crippen molar-refractivity contribution in [2.75, 3.05) is 0 Å². The molecule has 1 unspecified atom stereocenters. The molecule has 0 amide bonds. The predicted molar refractivity (Wildman–Crippen MR) is 111 cm³/mol. The minimum Gasteiger partial charge on any atom is -0.403 e. The van der Waals surface area contributed by atoms with E-state index in [4.69, 9.17) is 21.3 Å². The van der Waals surface area contributed by atoms with Crippen molar-refractivity contribution in [2.24, 2.45) is 15.1 Å². The Morgan fingerprint density at radius 2 is 1.66 bits per heavy atom. The molecule has 0 bridgehead atoms. The number of halogens is 2. The summed E-state index contributed by atoms with van der Waals surface area (Å²) in [6.07, 6.45) is 0. The molecule has 142 valence electrons. The summed E-state index contributed by atoms with van der Waals surface area (Å²) in [5.41, 5.74) is 2.34. The molecule has 0 spiro atoms. The Kier molecular flexibility index (Phi) is 4.33. The van der Waals surface area contributed by atoms with E-state index in [1.807, 2.05) is 42.5 Å². The monoisotopic (exact) mass is 404 g/mol. The summed E-state index contributed by atoms with van der Waals surface area (Å²) in [4.78, 5) is 9.39. The highest BCUT2D eigenvalue weighted by Crippen LogP contribution is 2.33. The zero-order valence-electron chi connectivity index (χ0n) is 15.0. The summed E-state index contributed by atoms with van der Waals surface area (Å²) in [7, 11) is 0. The first kappa shape index (κ1) is 17.6. The SMILES string of the molecule is Fc1ccc(C2N=C3OC(c4ccccc4)=NN3C2=Nc2ccc(Cl)cc2)cc1. The number of benzene rings is 3. The van der Waals surface area contributed by atoms with E-state index >= 15 is 0 Å². The molecule has 0 fully saturated rings. The Bertz CT molecular complexity index is 1140. The highest BCUT2D eigenvalue weighted by atomic mass is 35.5. The highest BCUT2D eigenvalue weighted by Gasteiger charge is 2.40. The van der Waals surface area contributed by atoms with Crippen LogP contribution in [0.2, 0.25) is 5.02 Å². The molecule has 2 aliphatic heterocycles. The van der Waals surface area contributed by atoms with Gasteiger partial charge >= 0.3 is 6.02 Å². The zero-order valence-corrected chi connectivity index (χ0v) is 15.8. The van der Waals surface area contributed by atoms with E-state index in [9.17, 15) is 4.39 Å². The standard InChI is InChI=1S/C22H14ClFN4O/c23-16-8-12-18(13-9-16)25-20-19(14-6-10-17(24)11-7-14)26-22-28(20)27-21(29-22)15-4-2-1-3-5-15/h1-13,19H. The number of ether oxygens (including phenoxy) is 1. The Balaban J connectivity index is 1.56. The first-order valence-electron chi connectivity index (χ1n) is 8.97. The Hall–Kier alpha value is -3.51. The minimum atomic E-state index is -0.456. The molecular weight excluding hydrogens is 391 g/mol. The van der Waals surface area contributed by atoms with E-state index in [-0.39, 0.29) is 5.82 Å².